The van der Waals surface area contributed by atoms with Gasteiger partial charge in [-0.3, -0.25) is 0 Å². The first-order chi connectivity index (χ1) is 7.81. The fraction of sp³-hybridized carbons (Fsp3) is 1.00. The molecule has 3 aliphatic heterocycles. The number of hydrogen-bond acceptors (Lipinski definition) is 3. The van der Waals surface area contributed by atoms with E-state index in [1.165, 1.54) is 25.7 Å². The van der Waals surface area contributed by atoms with E-state index in [4.69, 9.17) is 14.2 Å². The van der Waals surface area contributed by atoms with E-state index in [1.54, 1.807) is 0 Å². The van der Waals surface area contributed by atoms with E-state index in [1.807, 2.05) is 0 Å². The highest BCUT2D eigenvalue weighted by Gasteiger charge is 2.42. The summed E-state index contributed by atoms with van der Waals surface area (Å²) in [4.78, 5) is 0. The lowest BCUT2D eigenvalue weighted by atomic mass is 9.84. The van der Waals surface area contributed by atoms with Gasteiger partial charge in [0, 0.05) is 11.3 Å². The lowest BCUT2D eigenvalue weighted by Gasteiger charge is -2.40. The molecule has 0 aromatic rings. The molecule has 16 heavy (non-hydrogen) atoms. The van der Waals surface area contributed by atoms with Crippen molar-refractivity contribution in [2.45, 2.75) is 44.8 Å². The summed E-state index contributed by atoms with van der Waals surface area (Å²) in [6.45, 7) is 5.76. The fourth-order valence-corrected chi connectivity index (χ4v) is 3.13. The normalized spacial score (nSPS) is 39.9. The third-order valence-corrected chi connectivity index (χ3v) is 4.54. The minimum atomic E-state index is 0.332. The van der Waals surface area contributed by atoms with Crippen LogP contribution in [-0.4, -0.2) is 38.6 Å². The summed E-state index contributed by atoms with van der Waals surface area (Å²) >= 11 is 0. The second-order valence-corrected chi connectivity index (χ2v) is 5.73. The predicted octanol–water partition coefficient (Wildman–Crippen LogP) is 2.00. The van der Waals surface area contributed by atoms with Crippen molar-refractivity contribution in [1.29, 1.82) is 0 Å². The highest BCUT2D eigenvalue weighted by molar-refractivity contribution is 4.90. The standard InChI is InChI=1S/C13H22O3/c1-2-13(8-15-9-13)7-14-6-10-5-11-3-4-12(10)16-11/h10-12H,2-9H2,1H3. The van der Waals surface area contributed by atoms with Crippen LogP contribution >= 0.6 is 0 Å². The van der Waals surface area contributed by atoms with Crippen LogP contribution in [0.1, 0.15) is 32.6 Å². The quantitative estimate of drug-likeness (QED) is 0.717. The van der Waals surface area contributed by atoms with Gasteiger partial charge in [0.1, 0.15) is 0 Å². The van der Waals surface area contributed by atoms with Crippen LogP contribution in [0.2, 0.25) is 0 Å². The average Bonchev–Trinajstić information content (AvgIpc) is 2.83. The van der Waals surface area contributed by atoms with Crippen molar-refractivity contribution in [3.05, 3.63) is 0 Å². The third-order valence-electron chi connectivity index (χ3n) is 4.54. The average molecular weight is 226 g/mol. The molecule has 3 saturated heterocycles. The van der Waals surface area contributed by atoms with E-state index >= 15 is 0 Å². The van der Waals surface area contributed by atoms with Crippen LogP contribution in [0.5, 0.6) is 0 Å². The SMILES string of the molecule is CCC1(COCC2CC3CCC2O3)COC1. The van der Waals surface area contributed by atoms with Crippen molar-refractivity contribution in [2.24, 2.45) is 11.3 Å². The molecule has 0 spiro atoms. The fourth-order valence-electron chi connectivity index (χ4n) is 3.13. The molecule has 3 aliphatic rings. The highest BCUT2D eigenvalue weighted by Crippen LogP contribution is 2.39. The third kappa shape index (κ3) is 1.89. The van der Waals surface area contributed by atoms with E-state index in [9.17, 15) is 0 Å². The summed E-state index contributed by atoms with van der Waals surface area (Å²) in [7, 11) is 0. The second kappa shape index (κ2) is 4.28. The van der Waals surface area contributed by atoms with Gasteiger partial charge in [0.2, 0.25) is 0 Å². The van der Waals surface area contributed by atoms with E-state index < -0.39 is 0 Å². The Kier molecular flexibility index (Phi) is 2.94. The van der Waals surface area contributed by atoms with Gasteiger partial charge in [-0.2, -0.15) is 0 Å². The zero-order chi connectivity index (χ0) is 11.0. The first-order valence-corrected chi connectivity index (χ1v) is 6.62. The summed E-state index contributed by atoms with van der Waals surface area (Å²) in [6, 6.07) is 0. The van der Waals surface area contributed by atoms with Gasteiger partial charge in [0.15, 0.2) is 0 Å². The number of hydrogen-bond donors (Lipinski definition) is 0. The van der Waals surface area contributed by atoms with Crippen molar-refractivity contribution in [1.82, 2.24) is 0 Å². The Morgan fingerprint density at radius 2 is 2.19 bits per heavy atom. The van der Waals surface area contributed by atoms with Crippen molar-refractivity contribution >= 4 is 0 Å². The molecule has 0 amide bonds. The van der Waals surface area contributed by atoms with Crippen molar-refractivity contribution in [3.8, 4) is 0 Å². The van der Waals surface area contributed by atoms with Gasteiger partial charge < -0.3 is 14.2 Å². The van der Waals surface area contributed by atoms with Crippen molar-refractivity contribution < 1.29 is 14.2 Å². The molecule has 3 atom stereocenters. The second-order valence-electron chi connectivity index (χ2n) is 5.73. The largest absolute Gasteiger partial charge is 0.380 e. The van der Waals surface area contributed by atoms with Crippen LogP contribution in [0, 0.1) is 11.3 Å². The molecule has 0 saturated carbocycles. The van der Waals surface area contributed by atoms with Crippen molar-refractivity contribution in [2.75, 3.05) is 26.4 Å². The maximum atomic E-state index is 5.91. The van der Waals surface area contributed by atoms with Crippen LogP contribution in [0.25, 0.3) is 0 Å². The van der Waals surface area contributed by atoms with E-state index in [0.717, 1.165) is 26.4 Å². The van der Waals surface area contributed by atoms with Crippen LogP contribution in [0.3, 0.4) is 0 Å². The highest BCUT2D eigenvalue weighted by atomic mass is 16.5. The van der Waals surface area contributed by atoms with Crippen LogP contribution < -0.4 is 0 Å². The summed E-state index contributed by atoms with van der Waals surface area (Å²) in [5.74, 6) is 0.661. The molecule has 0 radical (unpaired) electrons. The zero-order valence-corrected chi connectivity index (χ0v) is 10.1. The molecule has 0 aromatic carbocycles. The van der Waals surface area contributed by atoms with Crippen molar-refractivity contribution in [3.63, 3.8) is 0 Å². The first-order valence-electron chi connectivity index (χ1n) is 6.62. The molecule has 3 rings (SSSR count). The van der Waals surface area contributed by atoms with Gasteiger partial charge >= 0.3 is 0 Å². The Bertz CT molecular complexity index is 244. The maximum Gasteiger partial charge on any atom is 0.0630 e. The molecular weight excluding hydrogens is 204 g/mol. The van der Waals surface area contributed by atoms with Crippen LogP contribution in [-0.2, 0) is 14.2 Å². The lowest BCUT2D eigenvalue weighted by Crippen LogP contribution is -2.46. The lowest BCUT2D eigenvalue weighted by molar-refractivity contribution is -0.153. The van der Waals surface area contributed by atoms with Gasteiger partial charge in [0.05, 0.1) is 38.6 Å². The van der Waals surface area contributed by atoms with Crippen LogP contribution in [0.15, 0.2) is 0 Å². The first kappa shape index (κ1) is 11.0. The molecular formula is C13H22O3. The molecule has 3 heteroatoms. The molecule has 0 aliphatic carbocycles. The molecule has 0 aromatic heterocycles. The van der Waals surface area contributed by atoms with Gasteiger partial charge in [0.25, 0.3) is 0 Å². The van der Waals surface area contributed by atoms with E-state index in [0.29, 0.717) is 23.5 Å². The summed E-state index contributed by atoms with van der Waals surface area (Å²) in [6.07, 6.45) is 5.96. The maximum absolute atomic E-state index is 5.91. The Labute approximate surface area is 97.4 Å². The molecule has 3 heterocycles. The summed E-state index contributed by atoms with van der Waals surface area (Å²) < 4.78 is 17.0. The number of rotatable bonds is 5. The molecule has 2 bridgehead atoms. The Balaban J connectivity index is 1.40. The van der Waals surface area contributed by atoms with Gasteiger partial charge in [-0.25, -0.2) is 0 Å². The van der Waals surface area contributed by atoms with E-state index in [2.05, 4.69) is 6.92 Å². The van der Waals surface area contributed by atoms with E-state index in [-0.39, 0.29) is 0 Å². The summed E-state index contributed by atoms with van der Waals surface area (Å²) in [5, 5.41) is 0. The zero-order valence-electron chi connectivity index (χ0n) is 10.1. The molecule has 0 N–H and O–H groups in total. The number of fused-ring (bicyclic) bond motifs is 2. The summed E-state index contributed by atoms with van der Waals surface area (Å²) in [5.41, 5.74) is 0.332. The topological polar surface area (TPSA) is 27.7 Å². The monoisotopic (exact) mass is 226 g/mol. The molecule has 3 unspecified atom stereocenters. The molecule has 3 fully saturated rings. The minimum absolute atomic E-state index is 0.332. The van der Waals surface area contributed by atoms with Gasteiger partial charge in [-0.05, 0) is 25.7 Å². The molecule has 92 valence electrons. The Morgan fingerprint density at radius 3 is 2.69 bits per heavy atom. The van der Waals surface area contributed by atoms with Gasteiger partial charge in [-0.15, -0.1) is 0 Å². The number of ether oxygens (including phenoxy) is 3. The minimum Gasteiger partial charge on any atom is -0.380 e. The van der Waals surface area contributed by atoms with Gasteiger partial charge in [-0.1, -0.05) is 6.92 Å². The van der Waals surface area contributed by atoms with Crippen LogP contribution in [0.4, 0.5) is 0 Å². The molecule has 3 nitrogen and oxygen atoms in total. The Hall–Kier alpha value is -0.120. The smallest absolute Gasteiger partial charge is 0.0630 e. The predicted molar refractivity (Wildman–Crippen MR) is 60.4 cm³/mol. The Morgan fingerprint density at radius 1 is 1.31 bits per heavy atom.